The molecule has 1 aliphatic rings. The minimum atomic E-state index is 0.151. The number of carbonyl (C=O) groups is 1. The molecule has 0 aromatic heterocycles. The van der Waals surface area contributed by atoms with Gasteiger partial charge in [0.1, 0.15) is 0 Å². The molecule has 1 aromatic rings. The summed E-state index contributed by atoms with van der Waals surface area (Å²) in [6, 6.07) is 7.88. The molecular formula is C11H14N2O. The van der Waals surface area contributed by atoms with Crippen LogP contribution in [0.4, 0.5) is 5.69 Å². The number of piperidine rings is 1. The van der Waals surface area contributed by atoms with E-state index < -0.39 is 0 Å². The van der Waals surface area contributed by atoms with Crippen LogP contribution in [0.15, 0.2) is 24.3 Å². The standard InChI is InChI=1S/C11H14N2O/c12-9-6-4-8(5-7-9)10-2-1-3-11(14)13-10/h4-7,10H,1-3,12H2,(H,13,14). The number of nitrogens with two attached hydrogens (primary N) is 1. The summed E-state index contributed by atoms with van der Waals surface area (Å²) < 4.78 is 0. The fraction of sp³-hybridized carbons (Fsp3) is 0.364. The quantitative estimate of drug-likeness (QED) is 0.661. The molecule has 3 N–H and O–H groups in total. The molecular weight excluding hydrogens is 176 g/mol. The van der Waals surface area contributed by atoms with Gasteiger partial charge in [0.2, 0.25) is 5.91 Å². The molecule has 74 valence electrons. The van der Waals surface area contributed by atoms with Crippen molar-refractivity contribution in [2.75, 3.05) is 5.73 Å². The van der Waals surface area contributed by atoms with Crippen molar-refractivity contribution < 1.29 is 4.79 Å². The maximum atomic E-state index is 11.2. The third-order valence-corrected chi connectivity index (χ3v) is 2.57. The molecule has 1 aliphatic heterocycles. The summed E-state index contributed by atoms with van der Waals surface area (Å²) in [5.41, 5.74) is 7.50. The average molecular weight is 190 g/mol. The van der Waals surface area contributed by atoms with E-state index in [1.165, 1.54) is 0 Å². The molecule has 2 rings (SSSR count). The molecule has 3 heteroatoms. The molecule has 1 amide bonds. The molecule has 0 aliphatic carbocycles. The first kappa shape index (κ1) is 9.06. The van der Waals surface area contributed by atoms with E-state index >= 15 is 0 Å². The molecule has 14 heavy (non-hydrogen) atoms. The maximum Gasteiger partial charge on any atom is 0.220 e. The van der Waals surface area contributed by atoms with Crippen LogP contribution in [-0.4, -0.2) is 5.91 Å². The van der Waals surface area contributed by atoms with Crippen LogP contribution in [0.2, 0.25) is 0 Å². The van der Waals surface area contributed by atoms with Crippen molar-refractivity contribution in [3.63, 3.8) is 0 Å². The lowest BCUT2D eigenvalue weighted by Gasteiger charge is -2.23. The van der Waals surface area contributed by atoms with Crippen molar-refractivity contribution in [2.24, 2.45) is 0 Å². The van der Waals surface area contributed by atoms with Crippen LogP contribution >= 0.6 is 0 Å². The van der Waals surface area contributed by atoms with Crippen molar-refractivity contribution in [2.45, 2.75) is 25.3 Å². The molecule has 1 atom stereocenters. The van der Waals surface area contributed by atoms with Gasteiger partial charge >= 0.3 is 0 Å². The highest BCUT2D eigenvalue weighted by molar-refractivity contribution is 5.77. The van der Waals surface area contributed by atoms with Gasteiger partial charge < -0.3 is 11.1 Å². The number of benzene rings is 1. The van der Waals surface area contributed by atoms with Gasteiger partial charge in [0.25, 0.3) is 0 Å². The Kier molecular flexibility index (Phi) is 2.39. The minimum absolute atomic E-state index is 0.151. The summed E-state index contributed by atoms with van der Waals surface area (Å²) in [6.07, 6.45) is 2.65. The predicted octanol–water partition coefficient (Wildman–Crippen LogP) is 1.61. The normalized spacial score (nSPS) is 21.7. The van der Waals surface area contributed by atoms with Gasteiger partial charge in [-0.1, -0.05) is 12.1 Å². The largest absolute Gasteiger partial charge is 0.399 e. The molecule has 3 nitrogen and oxygen atoms in total. The van der Waals surface area contributed by atoms with Crippen LogP contribution in [0.5, 0.6) is 0 Å². The zero-order valence-corrected chi connectivity index (χ0v) is 7.99. The third kappa shape index (κ3) is 1.87. The molecule has 0 saturated carbocycles. The van der Waals surface area contributed by atoms with Crippen LogP contribution in [0, 0.1) is 0 Å². The predicted molar refractivity (Wildman–Crippen MR) is 55.6 cm³/mol. The van der Waals surface area contributed by atoms with Crippen LogP contribution < -0.4 is 11.1 Å². The highest BCUT2D eigenvalue weighted by atomic mass is 16.1. The Balaban J connectivity index is 2.14. The maximum absolute atomic E-state index is 11.2. The van der Waals surface area contributed by atoms with Gasteiger partial charge in [-0.25, -0.2) is 0 Å². The molecule has 1 unspecified atom stereocenters. The highest BCUT2D eigenvalue weighted by Crippen LogP contribution is 2.23. The van der Waals surface area contributed by atoms with E-state index in [0.717, 1.165) is 24.1 Å². The Morgan fingerprint density at radius 2 is 2.00 bits per heavy atom. The Bertz CT molecular complexity index is 332. The number of hydrogen-bond acceptors (Lipinski definition) is 2. The number of carbonyl (C=O) groups excluding carboxylic acids is 1. The summed E-state index contributed by atoms with van der Waals surface area (Å²) in [6.45, 7) is 0. The second-order valence-corrected chi connectivity index (χ2v) is 3.68. The van der Waals surface area contributed by atoms with Gasteiger partial charge in [-0.05, 0) is 30.5 Å². The summed E-state index contributed by atoms with van der Waals surface area (Å²) >= 11 is 0. The third-order valence-electron chi connectivity index (χ3n) is 2.57. The summed E-state index contributed by atoms with van der Waals surface area (Å²) in [7, 11) is 0. The second-order valence-electron chi connectivity index (χ2n) is 3.68. The lowest BCUT2D eigenvalue weighted by atomic mass is 9.97. The molecule has 1 aromatic carbocycles. The van der Waals surface area contributed by atoms with E-state index in [9.17, 15) is 4.79 Å². The van der Waals surface area contributed by atoms with Crippen molar-refractivity contribution in [3.8, 4) is 0 Å². The van der Waals surface area contributed by atoms with Crippen molar-refractivity contribution in [1.82, 2.24) is 5.32 Å². The molecule has 0 bridgehead atoms. The van der Waals surface area contributed by atoms with E-state index in [1.54, 1.807) is 0 Å². The summed E-state index contributed by atoms with van der Waals surface area (Å²) in [4.78, 5) is 11.2. The van der Waals surface area contributed by atoms with Gasteiger partial charge in [0.15, 0.2) is 0 Å². The first-order valence-corrected chi connectivity index (χ1v) is 4.90. The number of nitrogens with one attached hydrogen (secondary N) is 1. The molecule has 1 fully saturated rings. The van der Waals surface area contributed by atoms with E-state index in [-0.39, 0.29) is 11.9 Å². The van der Waals surface area contributed by atoms with E-state index in [4.69, 9.17) is 5.73 Å². The van der Waals surface area contributed by atoms with Crippen molar-refractivity contribution in [1.29, 1.82) is 0 Å². The van der Waals surface area contributed by atoms with Gasteiger partial charge in [-0.2, -0.15) is 0 Å². The minimum Gasteiger partial charge on any atom is -0.399 e. The Morgan fingerprint density at radius 3 is 2.64 bits per heavy atom. The van der Waals surface area contributed by atoms with Crippen molar-refractivity contribution >= 4 is 11.6 Å². The van der Waals surface area contributed by atoms with E-state index in [1.807, 2.05) is 24.3 Å². The lowest BCUT2D eigenvalue weighted by molar-refractivity contribution is -0.123. The lowest BCUT2D eigenvalue weighted by Crippen LogP contribution is -2.32. The monoisotopic (exact) mass is 190 g/mol. The topological polar surface area (TPSA) is 55.1 Å². The Morgan fingerprint density at radius 1 is 1.29 bits per heavy atom. The van der Waals surface area contributed by atoms with Crippen molar-refractivity contribution in [3.05, 3.63) is 29.8 Å². The van der Waals surface area contributed by atoms with Crippen LogP contribution in [0.1, 0.15) is 30.9 Å². The van der Waals surface area contributed by atoms with E-state index in [2.05, 4.69) is 5.32 Å². The number of nitrogen functional groups attached to an aromatic ring is 1. The molecule has 0 spiro atoms. The zero-order valence-electron chi connectivity index (χ0n) is 7.99. The fourth-order valence-electron chi connectivity index (χ4n) is 1.78. The highest BCUT2D eigenvalue weighted by Gasteiger charge is 2.18. The molecule has 0 radical (unpaired) electrons. The molecule has 1 heterocycles. The van der Waals surface area contributed by atoms with Gasteiger partial charge in [0, 0.05) is 12.1 Å². The van der Waals surface area contributed by atoms with E-state index in [0.29, 0.717) is 6.42 Å². The smallest absolute Gasteiger partial charge is 0.220 e. The van der Waals surface area contributed by atoms with Crippen LogP contribution in [0.3, 0.4) is 0 Å². The van der Waals surface area contributed by atoms with Gasteiger partial charge in [-0.3, -0.25) is 4.79 Å². The SMILES string of the molecule is Nc1ccc(C2CCCC(=O)N2)cc1. The number of hydrogen-bond donors (Lipinski definition) is 2. The first-order valence-electron chi connectivity index (χ1n) is 4.90. The van der Waals surface area contributed by atoms with Crippen LogP contribution in [0.25, 0.3) is 0 Å². The number of anilines is 1. The van der Waals surface area contributed by atoms with Gasteiger partial charge in [-0.15, -0.1) is 0 Å². The first-order chi connectivity index (χ1) is 6.75. The Labute approximate surface area is 83.3 Å². The number of rotatable bonds is 1. The fourth-order valence-corrected chi connectivity index (χ4v) is 1.78. The summed E-state index contributed by atoms with van der Waals surface area (Å²) in [5, 5.41) is 2.97. The zero-order chi connectivity index (χ0) is 9.97. The van der Waals surface area contributed by atoms with Crippen LogP contribution in [-0.2, 0) is 4.79 Å². The molecule has 1 saturated heterocycles. The average Bonchev–Trinajstić information content (AvgIpc) is 2.19. The number of amides is 1. The Hall–Kier alpha value is -1.51. The van der Waals surface area contributed by atoms with Gasteiger partial charge in [0.05, 0.1) is 6.04 Å². The summed E-state index contributed by atoms with van der Waals surface area (Å²) in [5.74, 6) is 0.151. The second kappa shape index (κ2) is 3.70.